The van der Waals surface area contributed by atoms with E-state index in [-0.39, 0.29) is 17.9 Å². The number of carboxylic acid groups (broad SMARTS) is 1. The summed E-state index contributed by atoms with van der Waals surface area (Å²) in [5.74, 6) is -1.07. The number of hydrogen-bond acceptors (Lipinski definition) is 4. The number of halogens is 1. The molecule has 0 bridgehead atoms. The normalized spacial score (nSPS) is 13.1. The Morgan fingerprint density at radius 2 is 1.65 bits per heavy atom. The zero-order chi connectivity index (χ0) is 15.3. The molecule has 1 atom stereocenters. The van der Waals surface area contributed by atoms with E-state index in [1.165, 1.54) is 0 Å². The molecule has 0 aliphatic heterocycles. The summed E-state index contributed by atoms with van der Waals surface area (Å²) in [6.45, 7) is 11.6. The Balaban J connectivity index is 0. The Hall–Kier alpha value is -1.01. The quantitative estimate of drug-likeness (QED) is 0.724. The molecule has 0 spiro atoms. The first kappa shape index (κ1) is 21.3. The van der Waals surface area contributed by atoms with Crippen LogP contribution in [0.25, 0.3) is 0 Å². The number of nitrogens with one attached hydrogen (secondary N) is 2. The molecule has 0 fully saturated rings. The van der Waals surface area contributed by atoms with E-state index in [2.05, 4.69) is 10.6 Å². The SMILES string of the molecule is CC(C)(C)NCCC(NC(=O)OC(C)(C)C)C(=O)O.Cl. The van der Waals surface area contributed by atoms with Crippen LogP contribution in [0.15, 0.2) is 0 Å². The molecular weight excluding hydrogens is 284 g/mol. The second-order valence-corrected chi connectivity index (χ2v) is 6.50. The van der Waals surface area contributed by atoms with Crippen LogP contribution in [0.5, 0.6) is 0 Å². The van der Waals surface area contributed by atoms with E-state index < -0.39 is 23.7 Å². The Kier molecular flexibility index (Phi) is 8.85. The van der Waals surface area contributed by atoms with Crippen molar-refractivity contribution in [1.82, 2.24) is 10.6 Å². The fourth-order valence-electron chi connectivity index (χ4n) is 1.30. The van der Waals surface area contributed by atoms with Gasteiger partial charge in [-0.05, 0) is 54.5 Å². The summed E-state index contributed by atoms with van der Waals surface area (Å²) in [5.41, 5.74) is -0.730. The van der Waals surface area contributed by atoms with Crippen LogP contribution in [-0.4, -0.2) is 40.9 Å². The maximum Gasteiger partial charge on any atom is 0.408 e. The summed E-state index contributed by atoms with van der Waals surface area (Å²) < 4.78 is 5.03. The molecule has 6 nitrogen and oxygen atoms in total. The molecule has 0 saturated carbocycles. The van der Waals surface area contributed by atoms with Crippen molar-refractivity contribution in [1.29, 1.82) is 0 Å². The smallest absolute Gasteiger partial charge is 0.408 e. The highest BCUT2D eigenvalue weighted by molar-refractivity contribution is 5.85. The molecule has 1 unspecified atom stereocenters. The number of carbonyl (C=O) groups excluding carboxylic acids is 1. The highest BCUT2D eigenvalue weighted by Crippen LogP contribution is 2.07. The zero-order valence-corrected chi connectivity index (χ0v) is 13.9. The number of carbonyl (C=O) groups is 2. The van der Waals surface area contributed by atoms with Crippen LogP contribution in [0.2, 0.25) is 0 Å². The van der Waals surface area contributed by atoms with Gasteiger partial charge in [-0.2, -0.15) is 0 Å². The van der Waals surface area contributed by atoms with Crippen LogP contribution >= 0.6 is 12.4 Å². The molecule has 0 aromatic heterocycles. The van der Waals surface area contributed by atoms with E-state index in [1.54, 1.807) is 20.8 Å². The lowest BCUT2D eigenvalue weighted by molar-refractivity contribution is -0.139. The summed E-state index contributed by atoms with van der Waals surface area (Å²) in [4.78, 5) is 22.6. The number of carboxylic acids is 1. The first-order valence-electron chi connectivity index (χ1n) is 6.38. The van der Waals surface area contributed by atoms with Crippen LogP contribution in [0.1, 0.15) is 48.0 Å². The van der Waals surface area contributed by atoms with Crippen LogP contribution in [-0.2, 0) is 9.53 Å². The topological polar surface area (TPSA) is 87.7 Å². The van der Waals surface area contributed by atoms with E-state index in [1.807, 2.05) is 20.8 Å². The summed E-state index contributed by atoms with van der Waals surface area (Å²) in [5, 5.41) is 14.6. The first-order valence-corrected chi connectivity index (χ1v) is 6.38. The molecule has 120 valence electrons. The molecule has 3 N–H and O–H groups in total. The lowest BCUT2D eigenvalue weighted by atomic mass is 10.1. The van der Waals surface area contributed by atoms with Crippen molar-refractivity contribution < 1.29 is 19.4 Å². The van der Waals surface area contributed by atoms with Gasteiger partial charge < -0.3 is 20.5 Å². The molecule has 0 rings (SSSR count). The number of rotatable bonds is 5. The van der Waals surface area contributed by atoms with Gasteiger partial charge >= 0.3 is 12.1 Å². The van der Waals surface area contributed by atoms with Gasteiger partial charge in [0.25, 0.3) is 0 Å². The Labute approximate surface area is 127 Å². The van der Waals surface area contributed by atoms with Crippen molar-refractivity contribution in [2.24, 2.45) is 0 Å². The number of alkyl carbamates (subject to hydrolysis) is 1. The first-order chi connectivity index (χ1) is 8.41. The Morgan fingerprint density at radius 3 is 2.00 bits per heavy atom. The predicted octanol–water partition coefficient (Wildman–Crippen LogP) is 2.16. The van der Waals surface area contributed by atoms with Crippen LogP contribution in [0.4, 0.5) is 4.79 Å². The lowest BCUT2D eigenvalue weighted by Gasteiger charge is -2.24. The molecule has 7 heteroatoms. The summed E-state index contributed by atoms with van der Waals surface area (Å²) in [7, 11) is 0. The van der Waals surface area contributed by atoms with Gasteiger partial charge in [-0.25, -0.2) is 9.59 Å². The molecule has 0 aliphatic carbocycles. The average Bonchev–Trinajstić information content (AvgIpc) is 2.10. The third-order valence-electron chi connectivity index (χ3n) is 2.08. The van der Waals surface area contributed by atoms with Crippen molar-refractivity contribution in [2.45, 2.75) is 65.1 Å². The molecule has 0 heterocycles. The third-order valence-corrected chi connectivity index (χ3v) is 2.08. The molecular formula is C13H27ClN2O4. The van der Waals surface area contributed by atoms with Gasteiger partial charge in [0.15, 0.2) is 0 Å². The minimum Gasteiger partial charge on any atom is -0.480 e. The highest BCUT2D eigenvalue weighted by atomic mass is 35.5. The number of hydrogen-bond donors (Lipinski definition) is 3. The molecule has 20 heavy (non-hydrogen) atoms. The van der Waals surface area contributed by atoms with Crippen molar-refractivity contribution in [2.75, 3.05) is 6.54 Å². The van der Waals surface area contributed by atoms with Gasteiger partial charge in [0.2, 0.25) is 0 Å². The molecule has 0 radical (unpaired) electrons. The second-order valence-electron chi connectivity index (χ2n) is 6.50. The molecule has 0 aliphatic rings. The van der Waals surface area contributed by atoms with Gasteiger partial charge in [0, 0.05) is 5.54 Å². The van der Waals surface area contributed by atoms with Crippen molar-refractivity contribution in [3.8, 4) is 0 Å². The van der Waals surface area contributed by atoms with Gasteiger partial charge in [-0.15, -0.1) is 12.4 Å². The zero-order valence-electron chi connectivity index (χ0n) is 13.1. The van der Waals surface area contributed by atoms with Crippen molar-refractivity contribution >= 4 is 24.5 Å². The summed E-state index contributed by atoms with van der Waals surface area (Å²) in [6, 6.07) is -0.954. The standard InChI is InChI=1S/C13H26N2O4.ClH/c1-12(2,3)14-8-7-9(10(16)17)15-11(18)19-13(4,5)6;/h9,14H,7-8H2,1-6H3,(H,15,18)(H,16,17);1H. The number of aliphatic carboxylic acids is 1. The minimum absolute atomic E-state index is 0. The van der Waals surface area contributed by atoms with Gasteiger partial charge in [-0.1, -0.05) is 0 Å². The average molecular weight is 311 g/mol. The van der Waals surface area contributed by atoms with Crippen LogP contribution in [0.3, 0.4) is 0 Å². The monoisotopic (exact) mass is 310 g/mol. The maximum atomic E-state index is 11.5. The highest BCUT2D eigenvalue weighted by Gasteiger charge is 2.24. The largest absolute Gasteiger partial charge is 0.480 e. The van der Waals surface area contributed by atoms with Crippen LogP contribution in [0, 0.1) is 0 Å². The molecule has 1 amide bonds. The van der Waals surface area contributed by atoms with Gasteiger partial charge in [0.1, 0.15) is 11.6 Å². The minimum atomic E-state index is -1.07. The van der Waals surface area contributed by atoms with E-state index in [4.69, 9.17) is 9.84 Å². The lowest BCUT2D eigenvalue weighted by Crippen LogP contribution is -2.46. The predicted molar refractivity (Wildman–Crippen MR) is 80.4 cm³/mol. The number of ether oxygens (including phenoxy) is 1. The van der Waals surface area contributed by atoms with E-state index >= 15 is 0 Å². The molecule has 0 aromatic rings. The Morgan fingerprint density at radius 1 is 1.15 bits per heavy atom. The maximum absolute atomic E-state index is 11.5. The van der Waals surface area contributed by atoms with Crippen molar-refractivity contribution in [3.05, 3.63) is 0 Å². The van der Waals surface area contributed by atoms with Crippen molar-refractivity contribution in [3.63, 3.8) is 0 Å². The van der Waals surface area contributed by atoms with E-state index in [0.717, 1.165) is 0 Å². The third kappa shape index (κ3) is 12.0. The van der Waals surface area contributed by atoms with Gasteiger partial charge in [-0.3, -0.25) is 0 Å². The fraction of sp³-hybridized carbons (Fsp3) is 0.846. The van der Waals surface area contributed by atoms with E-state index in [0.29, 0.717) is 13.0 Å². The molecule has 0 aromatic carbocycles. The fourth-order valence-corrected chi connectivity index (χ4v) is 1.30. The number of amides is 1. The van der Waals surface area contributed by atoms with Gasteiger partial charge in [0.05, 0.1) is 0 Å². The molecule has 0 saturated heterocycles. The van der Waals surface area contributed by atoms with E-state index in [9.17, 15) is 9.59 Å². The second kappa shape index (κ2) is 8.32. The Bertz CT molecular complexity index is 321. The van der Waals surface area contributed by atoms with Crippen LogP contribution < -0.4 is 10.6 Å². The summed E-state index contributed by atoms with van der Waals surface area (Å²) in [6.07, 6.45) is -0.415. The summed E-state index contributed by atoms with van der Waals surface area (Å²) >= 11 is 0.